The van der Waals surface area contributed by atoms with Gasteiger partial charge in [-0.15, -0.1) is 11.3 Å². The number of fused-ring (bicyclic) bond motifs is 1. The van der Waals surface area contributed by atoms with E-state index < -0.39 is 6.09 Å². The van der Waals surface area contributed by atoms with Crippen molar-refractivity contribution in [2.45, 2.75) is 39.2 Å². The number of methoxy groups -OCH3 is 1. The third-order valence-electron chi connectivity index (χ3n) is 6.35. The van der Waals surface area contributed by atoms with Crippen molar-refractivity contribution in [3.05, 3.63) is 58.5 Å². The van der Waals surface area contributed by atoms with Crippen molar-refractivity contribution in [2.24, 2.45) is 0 Å². The SMILES string of the molecule is COc1ccc(COc2cc(C3CCN(C(=O)O)CC3)n3ncc(-c4sc(C)nc4C)c3n2)cc1. The van der Waals surface area contributed by atoms with Crippen molar-refractivity contribution >= 4 is 23.1 Å². The molecule has 0 saturated carbocycles. The van der Waals surface area contributed by atoms with E-state index in [1.807, 2.05) is 54.9 Å². The lowest BCUT2D eigenvalue weighted by atomic mass is 9.93. The number of thiazole rings is 1. The lowest BCUT2D eigenvalue weighted by Crippen LogP contribution is -2.37. The standard InChI is InChI=1S/C25H27N5O4S/c1-15-23(35-16(2)27-15)20-13-26-30-21(18-8-10-29(11-9-18)25(31)32)12-22(28-24(20)30)34-14-17-4-6-19(33-3)7-5-17/h4-7,12-13,18H,8-11,14H2,1-3H3,(H,31,32). The molecule has 4 aromatic rings. The summed E-state index contributed by atoms with van der Waals surface area (Å²) in [6, 6.07) is 9.68. The first kappa shape index (κ1) is 23.1. The van der Waals surface area contributed by atoms with Crippen LogP contribution in [0.4, 0.5) is 4.79 Å². The van der Waals surface area contributed by atoms with Crippen LogP contribution in [0.3, 0.4) is 0 Å². The molecular formula is C25H27N5O4S. The van der Waals surface area contributed by atoms with Crippen molar-refractivity contribution in [2.75, 3.05) is 20.2 Å². The molecule has 10 heteroatoms. The highest BCUT2D eigenvalue weighted by Gasteiger charge is 2.27. The molecule has 0 radical (unpaired) electrons. The Kier molecular flexibility index (Phi) is 6.29. The molecule has 1 N–H and O–H groups in total. The number of carboxylic acid groups (broad SMARTS) is 1. The van der Waals surface area contributed by atoms with Crippen LogP contribution >= 0.6 is 11.3 Å². The molecule has 182 valence electrons. The van der Waals surface area contributed by atoms with Crippen LogP contribution in [0, 0.1) is 13.8 Å². The lowest BCUT2D eigenvalue weighted by Gasteiger charge is -2.30. The first-order chi connectivity index (χ1) is 16.9. The normalized spacial score (nSPS) is 14.4. The number of aromatic nitrogens is 4. The molecule has 5 rings (SSSR count). The van der Waals surface area contributed by atoms with Crippen molar-refractivity contribution in [1.82, 2.24) is 24.5 Å². The number of hydrogen-bond donors (Lipinski definition) is 1. The fourth-order valence-corrected chi connectivity index (χ4v) is 5.44. The number of ether oxygens (including phenoxy) is 2. The van der Waals surface area contributed by atoms with Gasteiger partial charge in [-0.2, -0.15) is 10.1 Å². The van der Waals surface area contributed by atoms with Gasteiger partial charge in [-0.05, 0) is 44.4 Å². The van der Waals surface area contributed by atoms with E-state index in [4.69, 9.17) is 14.5 Å². The monoisotopic (exact) mass is 493 g/mol. The van der Waals surface area contributed by atoms with Gasteiger partial charge in [0.2, 0.25) is 5.88 Å². The second-order valence-electron chi connectivity index (χ2n) is 8.64. The average Bonchev–Trinajstić information content (AvgIpc) is 3.44. The van der Waals surface area contributed by atoms with Crippen LogP contribution < -0.4 is 9.47 Å². The minimum absolute atomic E-state index is 0.150. The molecule has 0 atom stereocenters. The summed E-state index contributed by atoms with van der Waals surface area (Å²) in [5, 5.41) is 15.0. The fraction of sp³-hybridized carbons (Fsp3) is 0.360. The predicted octanol–water partition coefficient (Wildman–Crippen LogP) is 4.91. The fourth-order valence-electron chi connectivity index (χ4n) is 4.51. The molecule has 0 aliphatic carbocycles. The van der Waals surface area contributed by atoms with Crippen LogP contribution in [0.25, 0.3) is 16.1 Å². The summed E-state index contributed by atoms with van der Waals surface area (Å²) in [7, 11) is 1.64. The minimum Gasteiger partial charge on any atom is -0.497 e. The maximum atomic E-state index is 11.4. The Labute approximate surface area is 207 Å². The highest BCUT2D eigenvalue weighted by Crippen LogP contribution is 2.36. The van der Waals surface area contributed by atoms with Crippen molar-refractivity contribution in [1.29, 1.82) is 0 Å². The van der Waals surface area contributed by atoms with Crippen molar-refractivity contribution in [3.8, 4) is 22.1 Å². The van der Waals surface area contributed by atoms with E-state index in [0.717, 1.165) is 56.6 Å². The Morgan fingerprint density at radius 2 is 1.91 bits per heavy atom. The molecule has 1 saturated heterocycles. The molecule has 1 amide bonds. The Morgan fingerprint density at radius 1 is 1.17 bits per heavy atom. The molecule has 1 fully saturated rings. The number of amides is 1. The van der Waals surface area contributed by atoms with Gasteiger partial charge in [0.1, 0.15) is 12.4 Å². The summed E-state index contributed by atoms with van der Waals surface area (Å²) < 4.78 is 13.3. The van der Waals surface area contributed by atoms with Crippen LogP contribution in [0.2, 0.25) is 0 Å². The second kappa shape index (κ2) is 9.53. The molecule has 35 heavy (non-hydrogen) atoms. The molecule has 0 unspecified atom stereocenters. The van der Waals surface area contributed by atoms with Crippen LogP contribution in [-0.2, 0) is 6.61 Å². The first-order valence-electron chi connectivity index (χ1n) is 11.5. The zero-order chi connectivity index (χ0) is 24.5. The molecular weight excluding hydrogens is 466 g/mol. The number of benzene rings is 1. The van der Waals surface area contributed by atoms with E-state index in [-0.39, 0.29) is 5.92 Å². The number of carbonyl (C=O) groups is 1. The summed E-state index contributed by atoms with van der Waals surface area (Å²) in [5.41, 5.74) is 4.58. The van der Waals surface area contributed by atoms with E-state index in [0.29, 0.717) is 25.6 Å². The Balaban J connectivity index is 1.51. The first-order valence-corrected chi connectivity index (χ1v) is 12.3. The summed E-state index contributed by atoms with van der Waals surface area (Å²) >= 11 is 1.62. The van der Waals surface area contributed by atoms with E-state index in [2.05, 4.69) is 10.1 Å². The largest absolute Gasteiger partial charge is 0.497 e. The van der Waals surface area contributed by atoms with Gasteiger partial charge in [0, 0.05) is 25.1 Å². The Hall–Kier alpha value is -3.66. The zero-order valence-electron chi connectivity index (χ0n) is 19.9. The van der Waals surface area contributed by atoms with E-state index in [1.165, 1.54) is 4.90 Å². The van der Waals surface area contributed by atoms with Gasteiger partial charge < -0.3 is 19.5 Å². The predicted molar refractivity (Wildman–Crippen MR) is 132 cm³/mol. The average molecular weight is 494 g/mol. The van der Waals surface area contributed by atoms with E-state index in [1.54, 1.807) is 18.4 Å². The maximum absolute atomic E-state index is 11.4. The number of likely N-dealkylation sites (tertiary alicyclic amines) is 1. The Bertz CT molecular complexity index is 1360. The van der Waals surface area contributed by atoms with Gasteiger partial charge >= 0.3 is 6.09 Å². The summed E-state index contributed by atoms with van der Waals surface area (Å²) in [6.07, 6.45) is 2.41. The van der Waals surface area contributed by atoms with Gasteiger partial charge in [0.25, 0.3) is 0 Å². The third-order valence-corrected chi connectivity index (χ3v) is 7.46. The van der Waals surface area contributed by atoms with Gasteiger partial charge in [0.05, 0.1) is 40.1 Å². The van der Waals surface area contributed by atoms with Gasteiger partial charge in [-0.3, -0.25) is 0 Å². The molecule has 3 aromatic heterocycles. The number of hydrogen-bond acceptors (Lipinski definition) is 7. The number of rotatable bonds is 6. The van der Waals surface area contributed by atoms with Gasteiger partial charge in [-0.1, -0.05) is 12.1 Å². The number of aryl methyl sites for hydroxylation is 2. The molecule has 0 bridgehead atoms. The van der Waals surface area contributed by atoms with Crippen LogP contribution in [0.1, 0.15) is 40.7 Å². The maximum Gasteiger partial charge on any atom is 0.407 e. The topological polar surface area (TPSA) is 102 Å². The second-order valence-corrected chi connectivity index (χ2v) is 9.84. The zero-order valence-corrected chi connectivity index (χ0v) is 20.7. The van der Waals surface area contributed by atoms with Gasteiger partial charge in [0.15, 0.2) is 5.65 Å². The van der Waals surface area contributed by atoms with E-state index >= 15 is 0 Å². The number of nitrogens with zero attached hydrogens (tertiary/aromatic N) is 5. The van der Waals surface area contributed by atoms with Crippen LogP contribution in [0.5, 0.6) is 11.6 Å². The summed E-state index contributed by atoms with van der Waals surface area (Å²) in [5.74, 6) is 1.46. The quantitative estimate of drug-likeness (QED) is 0.407. The highest BCUT2D eigenvalue weighted by molar-refractivity contribution is 7.15. The van der Waals surface area contributed by atoms with Gasteiger partial charge in [-0.25, -0.2) is 14.3 Å². The Morgan fingerprint density at radius 3 is 2.54 bits per heavy atom. The molecule has 4 heterocycles. The summed E-state index contributed by atoms with van der Waals surface area (Å²) in [4.78, 5) is 23.3. The molecule has 9 nitrogen and oxygen atoms in total. The molecule has 1 aliphatic rings. The minimum atomic E-state index is -0.871. The van der Waals surface area contributed by atoms with Crippen LogP contribution in [0.15, 0.2) is 36.5 Å². The van der Waals surface area contributed by atoms with Crippen molar-refractivity contribution < 1.29 is 19.4 Å². The molecule has 1 aromatic carbocycles. The van der Waals surface area contributed by atoms with Crippen LogP contribution in [-0.4, -0.2) is 55.9 Å². The lowest BCUT2D eigenvalue weighted by molar-refractivity contribution is 0.131. The third kappa shape index (κ3) is 4.66. The molecule has 0 spiro atoms. The number of piperidine rings is 1. The van der Waals surface area contributed by atoms with E-state index in [9.17, 15) is 9.90 Å². The van der Waals surface area contributed by atoms with Crippen molar-refractivity contribution in [3.63, 3.8) is 0 Å². The smallest absolute Gasteiger partial charge is 0.407 e. The highest BCUT2D eigenvalue weighted by atomic mass is 32.1. The summed E-state index contributed by atoms with van der Waals surface area (Å²) in [6.45, 7) is 5.34. The molecule has 1 aliphatic heterocycles.